The van der Waals surface area contributed by atoms with E-state index in [4.69, 9.17) is 18.9 Å². The van der Waals surface area contributed by atoms with Gasteiger partial charge >= 0.3 is 0 Å². The fourth-order valence-electron chi connectivity index (χ4n) is 8.40. The third-order valence-corrected chi connectivity index (χ3v) is 10.8. The molecule has 4 aromatic carbocycles. The van der Waals surface area contributed by atoms with Gasteiger partial charge < -0.3 is 39.4 Å². The van der Waals surface area contributed by atoms with E-state index in [0.29, 0.717) is 48.7 Å². The summed E-state index contributed by atoms with van der Waals surface area (Å²) in [5, 5.41) is 46.9. The van der Waals surface area contributed by atoms with Crippen molar-refractivity contribution in [2.24, 2.45) is 0 Å². The van der Waals surface area contributed by atoms with E-state index in [9.17, 15) is 20.4 Å². The van der Waals surface area contributed by atoms with Crippen molar-refractivity contribution in [3.8, 4) is 46.0 Å². The Hall–Kier alpha value is -4.72. The minimum Gasteiger partial charge on any atom is -0.508 e. The molecule has 8 nitrogen and oxygen atoms in total. The molecule has 0 aromatic heterocycles. The second-order valence-corrected chi connectivity index (χ2v) is 14.0. The first kappa shape index (κ1) is 38.5. The third-order valence-electron chi connectivity index (χ3n) is 10.8. The quantitative estimate of drug-likeness (QED) is 0.115. The van der Waals surface area contributed by atoms with Gasteiger partial charge in [0.2, 0.25) is 0 Å². The van der Waals surface area contributed by atoms with Crippen LogP contribution in [-0.4, -0.2) is 48.9 Å². The van der Waals surface area contributed by atoms with E-state index in [1.165, 1.54) is 0 Å². The molecule has 8 heteroatoms. The van der Waals surface area contributed by atoms with Crippen molar-refractivity contribution in [2.45, 2.75) is 103 Å². The molecule has 0 unspecified atom stereocenters. The fourth-order valence-corrected chi connectivity index (χ4v) is 8.40. The highest BCUT2D eigenvalue weighted by Gasteiger charge is 2.33. The Morgan fingerprint density at radius 2 is 0.538 bits per heavy atom. The lowest BCUT2D eigenvalue weighted by molar-refractivity contribution is 0.388. The minimum absolute atomic E-state index is 0.102. The second kappa shape index (κ2) is 16.7. The third kappa shape index (κ3) is 7.17. The van der Waals surface area contributed by atoms with E-state index >= 15 is 0 Å². The average molecular weight is 713 g/mol. The van der Waals surface area contributed by atoms with Crippen LogP contribution in [0, 0.1) is 0 Å². The van der Waals surface area contributed by atoms with Crippen LogP contribution < -0.4 is 18.9 Å². The molecule has 0 heterocycles. The minimum atomic E-state index is -0.298. The Balaban J connectivity index is 2.01. The molecule has 8 bridgehead atoms. The van der Waals surface area contributed by atoms with Crippen molar-refractivity contribution in [3.63, 3.8) is 0 Å². The van der Waals surface area contributed by atoms with Gasteiger partial charge in [-0.25, -0.2) is 0 Å². The van der Waals surface area contributed by atoms with Crippen LogP contribution in [0.1, 0.15) is 147 Å². The first-order valence-corrected chi connectivity index (χ1v) is 18.7. The van der Waals surface area contributed by atoms with Crippen molar-refractivity contribution in [2.75, 3.05) is 28.4 Å². The molecule has 0 radical (unpaired) electrons. The zero-order chi connectivity index (χ0) is 37.7. The van der Waals surface area contributed by atoms with E-state index in [-0.39, 0.29) is 46.7 Å². The molecular formula is C44H56O8. The number of phenols is 4. The van der Waals surface area contributed by atoms with Gasteiger partial charge in [-0.3, -0.25) is 0 Å². The maximum Gasteiger partial charge on any atom is 0.126 e. The predicted molar refractivity (Wildman–Crippen MR) is 206 cm³/mol. The summed E-state index contributed by atoms with van der Waals surface area (Å²) >= 11 is 0. The molecular weight excluding hydrogens is 656 g/mol. The van der Waals surface area contributed by atoms with Crippen LogP contribution in [-0.2, 0) is 0 Å². The molecule has 1 aliphatic rings. The van der Waals surface area contributed by atoms with Gasteiger partial charge in [-0.1, -0.05) is 53.4 Å². The molecule has 0 fully saturated rings. The highest BCUT2D eigenvalue weighted by molar-refractivity contribution is 5.62. The number of hydrogen-bond acceptors (Lipinski definition) is 8. The van der Waals surface area contributed by atoms with Crippen molar-refractivity contribution in [1.29, 1.82) is 0 Å². The van der Waals surface area contributed by atoms with Gasteiger partial charge in [-0.05, 0) is 49.9 Å². The lowest BCUT2D eigenvalue weighted by Crippen LogP contribution is -2.13. The fraction of sp³-hybridized carbons (Fsp3) is 0.455. The van der Waals surface area contributed by atoms with Gasteiger partial charge in [0.05, 0.1) is 28.4 Å². The molecule has 280 valence electrons. The van der Waals surface area contributed by atoms with Crippen LogP contribution in [0.15, 0.2) is 48.5 Å². The zero-order valence-corrected chi connectivity index (χ0v) is 32.0. The summed E-state index contributed by atoms with van der Waals surface area (Å²) in [5.41, 5.74) is 6.26. The topological polar surface area (TPSA) is 118 Å². The van der Waals surface area contributed by atoms with Gasteiger partial charge in [-0.2, -0.15) is 0 Å². The van der Waals surface area contributed by atoms with Crippen LogP contribution in [0.4, 0.5) is 0 Å². The monoisotopic (exact) mass is 712 g/mol. The lowest BCUT2D eigenvalue weighted by atomic mass is 9.76. The van der Waals surface area contributed by atoms with Gasteiger partial charge in [-0.15, -0.1) is 0 Å². The van der Waals surface area contributed by atoms with Crippen LogP contribution in [0.3, 0.4) is 0 Å². The van der Waals surface area contributed by atoms with E-state index < -0.39 is 0 Å². The average Bonchev–Trinajstić information content (AvgIpc) is 3.14. The van der Waals surface area contributed by atoms with E-state index in [0.717, 1.165) is 70.2 Å². The number of benzene rings is 4. The number of aromatic hydroxyl groups is 4. The zero-order valence-electron chi connectivity index (χ0n) is 32.0. The largest absolute Gasteiger partial charge is 0.508 e. The molecule has 0 saturated heterocycles. The standard InChI is InChI=1S/C44H56O8/c1-9-13-25-29-17-34(42(50-6)21-37(29)45)27(15-11-3)31-19-36(44(52-8)23-39(31)47)28(16-12-4)32-20-35(43(51-7)24-40(32)48)26(14-10-2)30-18-33(25)41(49-5)22-38(30)46/h17-28,45-48H,9-16H2,1-8H3/t25-,26-,27-,28-/m1/s1. The van der Waals surface area contributed by atoms with E-state index in [1.54, 1.807) is 52.7 Å². The maximum atomic E-state index is 11.7. The number of methoxy groups -OCH3 is 4. The van der Waals surface area contributed by atoms with Crippen molar-refractivity contribution in [3.05, 3.63) is 93.0 Å². The number of phenolic OH excluding ortho intramolecular Hbond substituents is 4. The number of fused-ring (bicyclic) bond motifs is 8. The normalized spacial score (nSPS) is 18.2. The molecule has 0 amide bonds. The molecule has 0 aliphatic heterocycles. The Labute approximate surface area is 309 Å². The Kier molecular flexibility index (Phi) is 12.4. The smallest absolute Gasteiger partial charge is 0.126 e. The van der Waals surface area contributed by atoms with Gasteiger partial charge in [0.1, 0.15) is 46.0 Å². The SMILES string of the molecule is CCC[C@@H]1c2cc(c(OC)cc2O)[C@H](CCC)c2cc(c(OC)cc2O)[C@H](CCC)c2cc(c(OC)cc2O)[C@H](CCC)c2cc1c(OC)cc2O. The van der Waals surface area contributed by atoms with E-state index in [2.05, 4.69) is 27.7 Å². The summed E-state index contributed by atoms with van der Waals surface area (Å²) in [6.07, 6.45) is 6.05. The number of ether oxygens (including phenoxy) is 4. The summed E-state index contributed by atoms with van der Waals surface area (Å²) in [6.45, 7) is 8.45. The summed E-state index contributed by atoms with van der Waals surface area (Å²) in [7, 11) is 6.39. The lowest BCUT2D eigenvalue weighted by Gasteiger charge is -2.30. The summed E-state index contributed by atoms with van der Waals surface area (Å²) in [4.78, 5) is 0. The highest BCUT2D eigenvalue weighted by Crippen LogP contribution is 2.52. The van der Waals surface area contributed by atoms with Crippen LogP contribution in [0.2, 0.25) is 0 Å². The van der Waals surface area contributed by atoms with Crippen LogP contribution >= 0.6 is 0 Å². The highest BCUT2D eigenvalue weighted by atomic mass is 16.5. The van der Waals surface area contributed by atoms with Gasteiger partial charge in [0.25, 0.3) is 0 Å². The molecule has 4 atom stereocenters. The molecule has 52 heavy (non-hydrogen) atoms. The summed E-state index contributed by atoms with van der Waals surface area (Å²) < 4.78 is 23.8. The van der Waals surface area contributed by atoms with E-state index in [1.807, 2.05) is 24.3 Å². The first-order valence-electron chi connectivity index (χ1n) is 18.7. The molecule has 4 N–H and O–H groups in total. The molecule has 1 aliphatic carbocycles. The summed E-state index contributed by atoms with van der Waals surface area (Å²) in [6, 6.07) is 14.8. The van der Waals surface area contributed by atoms with Gasteiger partial charge in [0, 0.05) is 92.4 Å². The molecule has 0 saturated carbocycles. The Bertz CT molecular complexity index is 1590. The predicted octanol–water partition coefficient (Wildman–Crippen LogP) is 10.6. The Morgan fingerprint density at radius 1 is 0.346 bits per heavy atom. The van der Waals surface area contributed by atoms with Crippen molar-refractivity contribution >= 4 is 0 Å². The van der Waals surface area contributed by atoms with Gasteiger partial charge in [0.15, 0.2) is 0 Å². The number of rotatable bonds is 12. The van der Waals surface area contributed by atoms with Crippen molar-refractivity contribution < 1.29 is 39.4 Å². The molecule has 4 aromatic rings. The second-order valence-electron chi connectivity index (χ2n) is 14.0. The maximum absolute atomic E-state index is 11.7. The van der Waals surface area contributed by atoms with Crippen molar-refractivity contribution in [1.82, 2.24) is 0 Å². The van der Waals surface area contributed by atoms with Crippen LogP contribution in [0.25, 0.3) is 0 Å². The molecule has 0 spiro atoms. The molecule has 5 rings (SSSR count). The Morgan fingerprint density at radius 3 is 0.692 bits per heavy atom. The summed E-state index contributed by atoms with van der Waals surface area (Å²) in [5.74, 6) is 1.31. The first-order chi connectivity index (χ1) is 25.1. The van der Waals surface area contributed by atoms with Crippen LogP contribution in [0.5, 0.6) is 46.0 Å². The number of hydrogen-bond donors (Lipinski definition) is 4.